The molecule has 0 aromatic carbocycles. The van der Waals surface area contributed by atoms with E-state index in [2.05, 4.69) is 9.69 Å². The molecule has 1 aliphatic carbocycles. The van der Waals surface area contributed by atoms with E-state index < -0.39 is 12.1 Å². The van der Waals surface area contributed by atoms with Gasteiger partial charge in [0.2, 0.25) is 0 Å². The summed E-state index contributed by atoms with van der Waals surface area (Å²) in [5.74, 6) is -1.15. The number of nitrogens with zero attached hydrogens (tertiary/aromatic N) is 1. The zero-order valence-corrected chi connectivity index (χ0v) is 14.7. The zero-order valence-electron chi connectivity index (χ0n) is 12.4. The molecule has 122 valence electrons. The van der Waals surface area contributed by atoms with Gasteiger partial charge in [0, 0.05) is 6.04 Å². The Kier molecular flexibility index (Phi) is 6.06. The predicted molar refractivity (Wildman–Crippen MR) is 86.6 cm³/mol. The Bertz CT molecular complexity index is 556. The van der Waals surface area contributed by atoms with Crippen LogP contribution in [0.5, 0.6) is 0 Å². The van der Waals surface area contributed by atoms with Gasteiger partial charge in [0.25, 0.3) is 5.91 Å². The SMILES string of the molecule is CC(C)C(OC(=O)c1nsc(Cl)c1Cl)C(=O)NC1CCCC1. The third kappa shape index (κ3) is 4.12. The highest BCUT2D eigenvalue weighted by Gasteiger charge is 2.31. The van der Waals surface area contributed by atoms with Gasteiger partial charge in [-0.3, -0.25) is 4.79 Å². The fraction of sp³-hybridized carbons (Fsp3) is 0.643. The molecule has 1 atom stereocenters. The van der Waals surface area contributed by atoms with Crippen LogP contribution in [-0.4, -0.2) is 28.4 Å². The minimum absolute atomic E-state index is 0.0454. The van der Waals surface area contributed by atoms with Crippen LogP contribution < -0.4 is 5.32 Å². The van der Waals surface area contributed by atoms with E-state index in [1.165, 1.54) is 0 Å². The third-order valence-corrected chi connectivity index (χ3v) is 5.20. The quantitative estimate of drug-likeness (QED) is 0.808. The van der Waals surface area contributed by atoms with Gasteiger partial charge in [-0.1, -0.05) is 49.9 Å². The molecular formula is C14H18Cl2N2O3S. The first-order valence-electron chi connectivity index (χ1n) is 7.22. The molecule has 5 nitrogen and oxygen atoms in total. The Labute approximate surface area is 143 Å². The van der Waals surface area contributed by atoms with Crippen LogP contribution in [0.3, 0.4) is 0 Å². The lowest BCUT2D eigenvalue weighted by Crippen LogP contribution is -2.44. The molecule has 0 aliphatic heterocycles. The van der Waals surface area contributed by atoms with Gasteiger partial charge in [-0.25, -0.2) is 4.79 Å². The number of rotatable bonds is 5. The van der Waals surface area contributed by atoms with E-state index in [-0.39, 0.29) is 32.9 Å². The molecule has 1 heterocycles. The molecule has 2 rings (SSSR count). The lowest BCUT2D eigenvalue weighted by molar-refractivity contribution is -0.132. The molecule has 0 bridgehead atoms. The summed E-state index contributed by atoms with van der Waals surface area (Å²) < 4.78 is 9.40. The average molecular weight is 365 g/mol. The predicted octanol–water partition coefficient (Wildman–Crippen LogP) is 3.69. The van der Waals surface area contributed by atoms with E-state index in [1.54, 1.807) is 0 Å². The fourth-order valence-corrected chi connectivity index (χ4v) is 3.38. The van der Waals surface area contributed by atoms with Crippen LogP contribution in [0.25, 0.3) is 0 Å². The van der Waals surface area contributed by atoms with E-state index in [9.17, 15) is 9.59 Å². The summed E-state index contributed by atoms with van der Waals surface area (Å²) in [6.07, 6.45) is 3.30. The van der Waals surface area contributed by atoms with Crippen molar-refractivity contribution in [2.24, 2.45) is 5.92 Å². The van der Waals surface area contributed by atoms with Gasteiger partial charge in [0.05, 0.1) is 0 Å². The van der Waals surface area contributed by atoms with Gasteiger partial charge in [-0.2, -0.15) is 4.37 Å². The second-order valence-electron chi connectivity index (χ2n) is 5.68. The van der Waals surface area contributed by atoms with E-state index >= 15 is 0 Å². The number of amides is 1. The minimum Gasteiger partial charge on any atom is -0.447 e. The Morgan fingerprint density at radius 3 is 2.45 bits per heavy atom. The van der Waals surface area contributed by atoms with Crippen LogP contribution in [-0.2, 0) is 9.53 Å². The summed E-state index contributed by atoms with van der Waals surface area (Å²) in [5, 5.41) is 3.01. The van der Waals surface area contributed by atoms with Crippen LogP contribution in [0.15, 0.2) is 0 Å². The topological polar surface area (TPSA) is 68.3 Å². The fourth-order valence-electron chi connectivity index (χ4n) is 2.40. The van der Waals surface area contributed by atoms with Gasteiger partial charge in [0.1, 0.15) is 9.36 Å². The maximum absolute atomic E-state index is 12.3. The van der Waals surface area contributed by atoms with Crippen molar-refractivity contribution in [1.29, 1.82) is 0 Å². The minimum atomic E-state index is -0.871. The Morgan fingerprint density at radius 1 is 1.32 bits per heavy atom. The average Bonchev–Trinajstić information content (AvgIpc) is 3.07. The molecule has 1 saturated carbocycles. The van der Waals surface area contributed by atoms with Crippen LogP contribution in [0, 0.1) is 5.92 Å². The summed E-state index contributed by atoms with van der Waals surface area (Å²) in [7, 11) is 0. The second-order valence-corrected chi connectivity index (χ2v) is 7.43. The number of nitrogens with one attached hydrogen (secondary N) is 1. The lowest BCUT2D eigenvalue weighted by atomic mass is 10.1. The normalized spacial score (nSPS) is 16.8. The van der Waals surface area contributed by atoms with E-state index in [1.807, 2.05) is 13.8 Å². The second kappa shape index (κ2) is 7.62. The Balaban J connectivity index is 2.03. The number of aromatic nitrogens is 1. The summed E-state index contributed by atoms with van der Waals surface area (Å²) in [5.41, 5.74) is -0.0454. The lowest BCUT2D eigenvalue weighted by Gasteiger charge is -2.22. The van der Waals surface area contributed by atoms with E-state index in [0.717, 1.165) is 37.2 Å². The molecule has 0 radical (unpaired) electrons. The summed E-state index contributed by atoms with van der Waals surface area (Å²) in [6, 6.07) is 0.171. The van der Waals surface area contributed by atoms with E-state index in [4.69, 9.17) is 27.9 Å². The molecule has 1 aromatic rings. The number of carbonyl (C=O) groups excluding carboxylic acids is 2. The molecule has 1 N–H and O–H groups in total. The van der Waals surface area contributed by atoms with Crippen molar-refractivity contribution in [3.05, 3.63) is 15.1 Å². The molecule has 0 spiro atoms. The van der Waals surface area contributed by atoms with Crippen molar-refractivity contribution in [2.75, 3.05) is 0 Å². The first-order chi connectivity index (χ1) is 10.4. The van der Waals surface area contributed by atoms with Crippen molar-refractivity contribution < 1.29 is 14.3 Å². The molecular weight excluding hydrogens is 347 g/mol. The molecule has 1 aliphatic rings. The number of esters is 1. The van der Waals surface area contributed by atoms with Crippen molar-refractivity contribution >= 4 is 46.6 Å². The third-order valence-electron chi connectivity index (χ3n) is 3.59. The van der Waals surface area contributed by atoms with Gasteiger partial charge in [-0.15, -0.1) is 0 Å². The van der Waals surface area contributed by atoms with Crippen LogP contribution in [0.4, 0.5) is 0 Å². The van der Waals surface area contributed by atoms with Crippen molar-refractivity contribution in [3.63, 3.8) is 0 Å². The van der Waals surface area contributed by atoms with Crippen LogP contribution >= 0.6 is 34.7 Å². The maximum atomic E-state index is 12.3. The van der Waals surface area contributed by atoms with Gasteiger partial charge >= 0.3 is 5.97 Å². The summed E-state index contributed by atoms with van der Waals surface area (Å²) in [4.78, 5) is 24.5. The van der Waals surface area contributed by atoms with Gasteiger partial charge in [-0.05, 0) is 30.3 Å². The molecule has 1 unspecified atom stereocenters. The molecule has 1 aromatic heterocycles. The summed E-state index contributed by atoms with van der Waals surface area (Å²) >= 11 is 12.6. The molecule has 0 saturated heterocycles. The molecule has 8 heteroatoms. The maximum Gasteiger partial charge on any atom is 0.360 e. The van der Waals surface area contributed by atoms with Crippen molar-refractivity contribution in [1.82, 2.24) is 9.69 Å². The first-order valence-corrected chi connectivity index (χ1v) is 8.75. The number of carbonyl (C=O) groups is 2. The number of ether oxygens (including phenoxy) is 1. The van der Waals surface area contributed by atoms with Gasteiger partial charge in [0.15, 0.2) is 11.8 Å². The van der Waals surface area contributed by atoms with Crippen LogP contribution in [0.2, 0.25) is 9.36 Å². The molecule has 1 fully saturated rings. The number of hydrogen-bond donors (Lipinski definition) is 1. The van der Waals surface area contributed by atoms with Gasteiger partial charge < -0.3 is 10.1 Å². The molecule has 1 amide bonds. The zero-order chi connectivity index (χ0) is 16.3. The smallest absolute Gasteiger partial charge is 0.360 e. The largest absolute Gasteiger partial charge is 0.447 e. The standard InChI is InChI=1S/C14H18Cl2N2O3S/c1-7(2)11(13(19)17-8-5-3-4-6-8)21-14(20)10-9(15)12(16)22-18-10/h7-8,11H,3-6H2,1-2H3,(H,17,19). The van der Waals surface area contributed by atoms with Crippen molar-refractivity contribution in [3.8, 4) is 0 Å². The number of halogens is 2. The molecule has 22 heavy (non-hydrogen) atoms. The van der Waals surface area contributed by atoms with Crippen LogP contribution in [0.1, 0.15) is 50.0 Å². The monoisotopic (exact) mass is 364 g/mol. The number of hydrogen-bond acceptors (Lipinski definition) is 5. The van der Waals surface area contributed by atoms with E-state index in [0.29, 0.717) is 0 Å². The Hall–Kier alpha value is -0.850. The highest BCUT2D eigenvalue weighted by atomic mass is 35.5. The Morgan fingerprint density at radius 2 is 1.95 bits per heavy atom. The highest BCUT2D eigenvalue weighted by Crippen LogP contribution is 2.30. The summed E-state index contributed by atoms with van der Waals surface area (Å²) in [6.45, 7) is 3.64. The highest BCUT2D eigenvalue weighted by molar-refractivity contribution is 7.11. The van der Waals surface area contributed by atoms with Crippen molar-refractivity contribution in [2.45, 2.75) is 51.7 Å². The first kappa shape index (κ1) is 17.5.